The number of rotatable bonds is 5. The van der Waals surface area contributed by atoms with Crippen molar-refractivity contribution in [1.82, 2.24) is 4.90 Å². The summed E-state index contributed by atoms with van der Waals surface area (Å²) in [6.45, 7) is 11.7. The third-order valence-electron chi connectivity index (χ3n) is 6.95. The maximum absolute atomic E-state index is 13.3. The molecule has 38 heavy (non-hydrogen) atoms. The van der Waals surface area contributed by atoms with Crippen LogP contribution in [0.25, 0.3) is 10.4 Å². The van der Waals surface area contributed by atoms with E-state index in [0.29, 0.717) is 22.5 Å². The van der Waals surface area contributed by atoms with E-state index in [4.69, 9.17) is 0 Å². The molecular formula is C29H35N3O4SSi. The molecule has 3 aromatic rings. The van der Waals surface area contributed by atoms with Crippen LogP contribution in [0.1, 0.15) is 41.5 Å². The number of hydrogen-bond acceptors (Lipinski definition) is 4. The standard InChI is InChI=1S/C29H35N3O4SSi/c1-29(2,3)32(28(35)36)24-13-12-22(25-7-6-16-37-25)19-23(24)30-26(33)20-8-10-21(11-9-20)27(34)31-14-17-38(4,5)18-15-31/h6-13,16,19H,14-15,17-18H2,1-5H3,(H,30,33)(H,35,36). The van der Waals surface area contributed by atoms with Crippen molar-refractivity contribution < 1.29 is 19.5 Å². The van der Waals surface area contributed by atoms with E-state index >= 15 is 0 Å². The second-order valence-corrected chi connectivity index (χ2v) is 17.8. The molecule has 2 N–H and O–H groups in total. The molecule has 0 unspecified atom stereocenters. The molecule has 4 rings (SSSR count). The number of thiophene rings is 1. The van der Waals surface area contributed by atoms with Crippen LogP contribution < -0.4 is 10.2 Å². The van der Waals surface area contributed by atoms with Crippen LogP contribution in [0.4, 0.5) is 16.2 Å². The number of hydrogen-bond donors (Lipinski definition) is 2. The maximum Gasteiger partial charge on any atom is 0.412 e. The Bertz CT molecular complexity index is 1320. The lowest BCUT2D eigenvalue weighted by Crippen LogP contribution is -2.45. The fraction of sp³-hybridized carbons (Fsp3) is 0.345. The number of carboxylic acid groups (broad SMARTS) is 1. The smallest absolute Gasteiger partial charge is 0.412 e. The summed E-state index contributed by atoms with van der Waals surface area (Å²) in [5, 5.41) is 14.9. The molecule has 2 aromatic carbocycles. The average Bonchev–Trinajstić information content (AvgIpc) is 3.39. The van der Waals surface area contributed by atoms with Crippen molar-refractivity contribution >= 4 is 48.7 Å². The van der Waals surface area contributed by atoms with Crippen LogP contribution in [0.2, 0.25) is 25.2 Å². The molecule has 1 aliphatic heterocycles. The van der Waals surface area contributed by atoms with Crippen LogP contribution in [0.15, 0.2) is 60.0 Å². The van der Waals surface area contributed by atoms with E-state index in [1.54, 1.807) is 68.5 Å². The predicted molar refractivity (Wildman–Crippen MR) is 157 cm³/mol. The molecule has 1 saturated heterocycles. The summed E-state index contributed by atoms with van der Waals surface area (Å²) in [5.74, 6) is -0.381. The van der Waals surface area contributed by atoms with Gasteiger partial charge in [0.25, 0.3) is 11.8 Å². The molecule has 9 heteroatoms. The summed E-state index contributed by atoms with van der Waals surface area (Å²) in [4.78, 5) is 42.7. The van der Waals surface area contributed by atoms with Gasteiger partial charge in [-0.05, 0) is 86.3 Å². The first kappa shape index (κ1) is 27.6. The van der Waals surface area contributed by atoms with E-state index in [2.05, 4.69) is 18.4 Å². The highest BCUT2D eigenvalue weighted by Crippen LogP contribution is 2.36. The molecule has 0 radical (unpaired) electrons. The summed E-state index contributed by atoms with van der Waals surface area (Å²) in [7, 11) is -1.18. The SMILES string of the molecule is CC(C)(C)N(C(=O)O)c1ccc(-c2cccs2)cc1NC(=O)c1ccc(C(=O)N2CC[Si](C)(C)CC2)cc1. The van der Waals surface area contributed by atoms with Crippen LogP contribution in [-0.2, 0) is 0 Å². The summed E-state index contributed by atoms with van der Waals surface area (Å²) in [6, 6.07) is 18.2. The van der Waals surface area contributed by atoms with E-state index in [-0.39, 0.29) is 11.8 Å². The van der Waals surface area contributed by atoms with Gasteiger partial charge in [0.2, 0.25) is 0 Å². The van der Waals surface area contributed by atoms with E-state index in [0.717, 1.165) is 35.6 Å². The molecule has 1 fully saturated rings. The van der Waals surface area contributed by atoms with Crippen molar-refractivity contribution in [3.63, 3.8) is 0 Å². The third-order valence-corrected chi connectivity index (χ3v) is 11.0. The largest absolute Gasteiger partial charge is 0.465 e. The van der Waals surface area contributed by atoms with Crippen molar-refractivity contribution in [3.8, 4) is 10.4 Å². The Kier molecular flexibility index (Phi) is 7.80. The summed E-state index contributed by atoms with van der Waals surface area (Å²) in [5.41, 5.74) is 1.89. The first-order valence-corrected chi connectivity index (χ1v) is 17.1. The van der Waals surface area contributed by atoms with Crippen molar-refractivity contribution in [2.45, 2.75) is 51.5 Å². The zero-order chi connectivity index (χ0) is 27.7. The second kappa shape index (κ2) is 10.7. The number of carbonyl (C=O) groups is 3. The highest BCUT2D eigenvalue weighted by molar-refractivity contribution is 7.13. The summed E-state index contributed by atoms with van der Waals surface area (Å²) < 4.78 is 0. The van der Waals surface area contributed by atoms with Crippen LogP contribution in [-0.4, -0.2) is 54.6 Å². The van der Waals surface area contributed by atoms with E-state index < -0.39 is 19.7 Å². The van der Waals surface area contributed by atoms with Gasteiger partial charge in [0, 0.05) is 34.6 Å². The molecule has 200 valence electrons. The Hall–Kier alpha value is -3.43. The van der Waals surface area contributed by atoms with E-state index in [1.165, 1.54) is 4.90 Å². The predicted octanol–water partition coefficient (Wildman–Crippen LogP) is 7.11. The third kappa shape index (κ3) is 6.16. The molecule has 1 aliphatic rings. The zero-order valence-corrected chi connectivity index (χ0v) is 24.4. The quantitative estimate of drug-likeness (QED) is 0.332. The van der Waals surface area contributed by atoms with Gasteiger partial charge in [-0.15, -0.1) is 11.3 Å². The minimum atomic E-state index is -1.18. The minimum absolute atomic E-state index is 0.00493. The van der Waals surface area contributed by atoms with Gasteiger partial charge in [-0.3, -0.25) is 14.5 Å². The Morgan fingerprint density at radius 3 is 2.16 bits per heavy atom. The average molecular weight is 550 g/mol. The van der Waals surface area contributed by atoms with Gasteiger partial charge in [0.1, 0.15) is 0 Å². The lowest BCUT2D eigenvalue weighted by Gasteiger charge is -2.35. The number of benzene rings is 2. The van der Waals surface area contributed by atoms with Crippen LogP contribution in [0.3, 0.4) is 0 Å². The molecule has 0 atom stereocenters. The number of carbonyl (C=O) groups excluding carboxylic acids is 2. The molecule has 3 amide bonds. The van der Waals surface area contributed by atoms with Gasteiger partial charge in [0.15, 0.2) is 0 Å². The van der Waals surface area contributed by atoms with Crippen molar-refractivity contribution in [2.24, 2.45) is 0 Å². The van der Waals surface area contributed by atoms with Crippen molar-refractivity contribution in [3.05, 3.63) is 71.1 Å². The number of nitrogens with zero attached hydrogens (tertiary/aromatic N) is 2. The van der Waals surface area contributed by atoms with E-state index in [1.807, 2.05) is 28.5 Å². The van der Waals surface area contributed by atoms with Crippen LogP contribution in [0, 0.1) is 0 Å². The Morgan fingerprint density at radius 2 is 1.61 bits per heavy atom. The normalized spacial score (nSPS) is 15.1. The summed E-state index contributed by atoms with van der Waals surface area (Å²) >= 11 is 1.57. The zero-order valence-electron chi connectivity index (χ0n) is 22.6. The molecule has 0 bridgehead atoms. The molecular weight excluding hydrogens is 514 g/mol. The first-order chi connectivity index (χ1) is 17.9. The van der Waals surface area contributed by atoms with Crippen molar-refractivity contribution in [2.75, 3.05) is 23.3 Å². The Balaban J connectivity index is 1.59. The van der Waals surface area contributed by atoms with Gasteiger partial charge in [0.05, 0.1) is 19.4 Å². The summed E-state index contributed by atoms with van der Waals surface area (Å²) in [6.07, 6.45) is -1.11. The molecule has 7 nitrogen and oxygen atoms in total. The fourth-order valence-electron chi connectivity index (χ4n) is 4.63. The number of anilines is 2. The van der Waals surface area contributed by atoms with E-state index in [9.17, 15) is 19.5 Å². The van der Waals surface area contributed by atoms with Gasteiger partial charge >= 0.3 is 6.09 Å². The van der Waals surface area contributed by atoms with Crippen LogP contribution in [0.5, 0.6) is 0 Å². The first-order valence-electron chi connectivity index (χ1n) is 12.8. The molecule has 0 aliphatic carbocycles. The molecule has 2 heterocycles. The monoisotopic (exact) mass is 549 g/mol. The Morgan fingerprint density at radius 1 is 0.974 bits per heavy atom. The fourth-order valence-corrected chi connectivity index (χ4v) is 7.36. The highest BCUT2D eigenvalue weighted by Gasteiger charge is 2.31. The highest BCUT2D eigenvalue weighted by atomic mass is 32.1. The minimum Gasteiger partial charge on any atom is -0.465 e. The lowest BCUT2D eigenvalue weighted by molar-refractivity contribution is 0.0764. The molecule has 0 saturated carbocycles. The molecule has 1 aromatic heterocycles. The lowest BCUT2D eigenvalue weighted by atomic mass is 10.0. The number of nitrogens with one attached hydrogen (secondary N) is 1. The van der Waals surface area contributed by atoms with Crippen molar-refractivity contribution in [1.29, 1.82) is 0 Å². The Labute approximate surface area is 229 Å². The van der Waals surface area contributed by atoms with Gasteiger partial charge in [-0.2, -0.15) is 0 Å². The van der Waals surface area contributed by atoms with Gasteiger partial charge in [-0.1, -0.05) is 25.2 Å². The topological polar surface area (TPSA) is 90.0 Å². The molecule has 0 spiro atoms. The van der Waals surface area contributed by atoms with Gasteiger partial charge < -0.3 is 15.3 Å². The second-order valence-electron chi connectivity index (χ2n) is 11.5. The van der Waals surface area contributed by atoms with Gasteiger partial charge in [-0.25, -0.2) is 4.79 Å². The van der Waals surface area contributed by atoms with Crippen LogP contribution >= 0.6 is 11.3 Å². The number of amides is 3. The maximum atomic E-state index is 13.3.